The van der Waals surface area contributed by atoms with E-state index < -0.39 is 27.1 Å². The molecule has 0 saturated carbocycles. The van der Waals surface area contributed by atoms with Gasteiger partial charge in [0.1, 0.15) is 0 Å². The summed E-state index contributed by atoms with van der Waals surface area (Å²) in [4.78, 5) is 12.9. The second-order valence-electron chi connectivity index (χ2n) is 7.47. The zero-order chi connectivity index (χ0) is 18.2. The second-order valence-corrected chi connectivity index (χ2v) is 25.7. The molecule has 0 radical (unpaired) electrons. The van der Waals surface area contributed by atoms with Crippen LogP contribution in [0.5, 0.6) is 0 Å². The molecule has 1 N–H and O–H groups in total. The molecule has 143 valence electrons. The fourth-order valence-corrected chi connectivity index (χ4v) is 19.2. The molecule has 2 nitrogen and oxygen atoms in total. The van der Waals surface area contributed by atoms with E-state index in [2.05, 4.69) is 64.0 Å². The van der Waals surface area contributed by atoms with Crippen LogP contribution in [0.3, 0.4) is 0 Å². The Balaban J connectivity index is 0.00000312. The Kier molecular flexibility index (Phi) is 10.3. The smallest absolute Gasteiger partial charge is 1.00 e. The molecule has 1 aliphatic rings. The largest absolute Gasteiger partial charge is 1.00 e. The molecule has 0 heterocycles. The van der Waals surface area contributed by atoms with Crippen LogP contribution in [0.2, 0.25) is 13.1 Å². The van der Waals surface area contributed by atoms with Crippen molar-refractivity contribution >= 4 is 11.8 Å². The molecule has 1 aromatic carbocycles. The quantitative estimate of drug-likeness (QED) is 0.529. The van der Waals surface area contributed by atoms with E-state index in [9.17, 15) is 4.79 Å². The number of nitrogens with one attached hydrogen (secondary N) is 1. The SMILES string of the molecule is CC1=C(C)C(C)[C]([Zr+2]([NH]C(=O)c2cc(C)cc(C)c2)[SiH](C)C)=C1C.[Cl-].[Cl-]. The summed E-state index contributed by atoms with van der Waals surface area (Å²) in [5.41, 5.74) is 7.55. The maximum atomic E-state index is 12.9. The van der Waals surface area contributed by atoms with Crippen molar-refractivity contribution in [3.63, 3.8) is 0 Å². The van der Waals surface area contributed by atoms with Gasteiger partial charge in [0.2, 0.25) is 0 Å². The maximum Gasteiger partial charge on any atom is -1.00 e. The number of allylic oxidation sites excluding steroid dienone is 4. The van der Waals surface area contributed by atoms with Crippen molar-refractivity contribution in [2.45, 2.75) is 54.6 Å². The van der Waals surface area contributed by atoms with Crippen molar-refractivity contribution in [3.8, 4) is 0 Å². The number of carbonyl (C=O) groups is 1. The summed E-state index contributed by atoms with van der Waals surface area (Å²) >= 11 is -2.12. The van der Waals surface area contributed by atoms with Crippen molar-refractivity contribution in [1.82, 2.24) is 3.26 Å². The Morgan fingerprint density at radius 1 is 0.962 bits per heavy atom. The molecule has 1 aliphatic carbocycles. The molecule has 2 rings (SSSR count). The Bertz CT molecular complexity index is 723. The first-order valence-corrected chi connectivity index (χ1v) is 18.4. The van der Waals surface area contributed by atoms with Crippen molar-refractivity contribution in [2.24, 2.45) is 5.92 Å². The molecule has 1 aromatic rings. The predicted octanol–water partition coefficient (Wildman–Crippen LogP) is -1.18. The van der Waals surface area contributed by atoms with Gasteiger partial charge in [-0.15, -0.1) is 0 Å². The molecule has 6 heteroatoms. The number of amides is 1. The van der Waals surface area contributed by atoms with Crippen LogP contribution in [0.25, 0.3) is 0 Å². The molecule has 0 aliphatic heterocycles. The molecule has 26 heavy (non-hydrogen) atoms. The van der Waals surface area contributed by atoms with E-state index >= 15 is 0 Å². The van der Waals surface area contributed by atoms with Gasteiger partial charge in [-0.25, -0.2) is 0 Å². The predicted molar refractivity (Wildman–Crippen MR) is 102 cm³/mol. The Hall–Kier alpha value is -0.150. The van der Waals surface area contributed by atoms with Gasteiger partial charge < -0.3 is 24.8 Å². The van der Waals surface area contributed by atoms with Crippen molar-refractivity contribution in [1.29, 1.82) is 0 Å². The van der Waals surface area contributed by atoms with Crippen molar-refractivity contribution in [3.05, 3.63) is 54.9 Å². The molecule has 0 saturated heterocycles. The molecule has 0 fully saturated rings. The van der Waals surface area contributed by atoms with E-state index in [1.807, 2.05) is 12.1 Å². The minimum absolute atomic E-state index is 0. The minimum atomic E-state index is -2.12. The average molecular weight is 491 g/mol. The second kappa shape index (κ2) is 10.4. The van der Waals surface area contributed by atoms with E-state index in [1.165, 1.54) is 16.7 Å². The summed E-state index contributed by atoms with van der Waals surface area (Å²) in [5, 5.41) is 0. The number of halogens is 2. The van der Waals surface area contributed by atoms with Gasteiger partial charge in [-0.2, -0.15) is 0 Å². The van der Waals surface area contributed by atoms with E-state index in [4.69, 9.17) is 0 Å². The van der Waals surface area contributed by atoms with E-state index in [1.54, 1.807) is 3.28 Å². The minimum Gasteiger partial charge on any atom is -1.00 e. The summed E-state index contributed by atoms with van der Waals surface area (Å²) in [6.07, 6.45) is 0. The van der Waals surface area contributed by atoms with Crippen molar-refractivity contribution in [2.75, 3.05) is 0 Å². The molecule has 0 spiro atoms. The number of hydrogen-bond donors (Lipinski definition) is 1. The zero-order valence-electron chi connectivity index (χ0n) is 17.1. The first-order valence-electron chi connectivity index (χ1n) is 8.78. The summed E-state index contributed by atoms with van der Waals surface area (Å²) < 4.78 is 5.20. The van der Waals surface area contributed by atoms with Gasteiger partial charge >= 0.3 is 157 Å². The van der Waals surface area contributed by atoms with Gasteiger partial charge in [0.05, 0.1) is 0 Å². The molecule has 1 amide bonds. The van der Waals surface area contributed by atoms with Crippen LogP contribution >= 0.6 is 0 Å². The van der Waals surface area contributed by atoms with Crippen LogP contribution in [0.15, 0.2) is 38.2 Å². The normalized spacial score (nSPS) is 16.4. The van der Waals surface area contributed by atoms with E-state index in [0.29, 0.717) is 5.92 Å². The number of carbonyl (C=O) groups excluding carboxylic acids is 1. The van der Waals surface area contributed by atoms with Crippen LogP contribution in [0, 0.1) is 19.8 Å². The monoisotopic (exact) mass is 488 g/mol. The average Bonchev–Trinajstić information content (AvgIpc) is 2.67. The number of benzene rings is 1. The van der Waals surface area contributed by atoms with Crippen LogP contribution < -0.4 is 28.1 Å². The summed E-state index contributed by atoms with van der Waals surface area (Å²) in [6, 6.07) is 6.15. The van der Waals surface area contributed by atoms with E-state index in [-0.39, 0.29) is 30.7 Å². The fourth-order valence-electron chi connectivity index (χ4n) is 3.62. The van der Waals surface area contributed by atoms with Gasteiger partial charge in [0, 0.05) is 0 Å². The third kappa shape index (κ3) is 5.44. The van der Waals surface area contributed by atoms with Gasteiger partial charge in [0.25, 0.3) is 0 Å². The van der Waals surface area contributed by atoms with Gasteiger partial charge in [-0.1, -0.05) is 0 Å². The molecule has 1 atom stereocenters. The van der Waals surface area contributed by atoms with E-state index in [0.717, 1.165) is 16.7 Å². The van der Waals surface area contributed by atoms with Crippen LogP contribution in [0.1, 0.15) is 49.2 Å². The third-order valence-electron chi connectivity index (χ3n) is 5.24. The van der Waals surface area contributed by atoms with Gasteiger partial charge in [0.15, 0.2) is 0 Å². The summed E-state index contributed by atoms with van der Waals surface area (Å²) in [7, 11) is 0. The Morgan fingerprint density at radius 3 is 1.85 bits per heavy atom. The zero-order valence-corrected chi connectivity index (χ0v) is 22.2. The van der Waals surface area contributed by atoms with Gasteiger partial charge in [-0.3, -0.25) is 0 Å². The fraction of sp³-hybridized carbons (Fsp3) is 0.450. The molecular weight excluding hydrogens is 460 g/mol. The molecule has 1 unspecified atom stereocenters. The molecular formula is C20H30Cl2NOSiZr. The summed E-state index contributed by atoms with van der Waals surface area (Å²) in [6.45, 7) is 18.0. The first kappa shape index (κ1) is 25.9. The number of hydrogen-bond acceptors (Lipinski definition) is 1. The molecule has 0 aromatic heterocycles. The van der Waals surface area contributed by atoms with Crippen LogP contribution in [-0.4, -0.2) is 11.8 Å². The number of aryl methyl sites for hydroxylation is 2. The summed E-state index contributed by atoms with van der Waals surface area (Å²) in [5.74, 6) is -0.227. The van der Waals surface area contributed by atoms with Crippen LogP contribution in [-0.2, 0) is 21.2 Å². The maximum absolute atomic E-state index is 12.9. The third-order valence-corrected chi connectivity index (χ3v) is 22.2. The van der Waals surface area contributed by atoms with Gasteiger partial charge in [-0.05, 0) is 0 Å². The Labute approximate surface area is 180 Å². The standard InChI is InChI=1S/C9H11NO.C9H13.C2H7Si.2ClH.Zr/c1-6-3-7(2)5-8(4-6)9(10)11;1-6-5-7(2)9(4)8(6)3;1-3-2;;;/h3-5H,1-2H3,(H2,10,11);6H,1-4H3;3H,1-2H3;2*1H;/q;;;;;+3/p-3. The Morgan fingerprint density at radius 2 is 1.46 bits per heavy atom. The topological polar surface area (TPSA) is 29.1 Å². The number of rotatable bonds is 4. The molecule has 0 bridgehead atoms. The first-order chi connectivity index (χ1) is 11.1. The van der Waals surface area contributed by atoms with Crippen LogP contribution in [0.4, 0.5) is 0 Å². The van der Waals surface area contributed by atoms with Crippen molar-refractivity contribution < 1.29 is 50.8 Å².